The first-order chi connectivity index (χ1) is 10.8. The van der Waals surface area contributed by atoms with E-state index in [-0.39, 0.29) is 12.0 Å². The second kappa shape index (κ2) is 5.41. The Hall–Kier alpha value is -2.29. The van der Waals surface area contributed by atoms with Crippen LogP contribution in [-0.2, 0) is 6.18 Å². The fourth-order valence-electron chi connectivity index (χ4n) is 2.28. The van der Waals surface area contributed by atoms with Crippen molar-refractivity contribution in [1.29, 1.82) is 0 Å². The number of nitrogens with one attached hydrogen (secondary N) is 2. The van der Waals surface area contributed by atoms with Gasteiger partial charge in [0, 0.05) is 28.8 Å². The fourth-order valence-corrected chi connectivity index (χ4v) is 3.52. The van der Waals surface area contributed by atoms with Crippen LogP contribution in [0.4, 0.5) is 13.2 Å². The van der Waals surface area contributed by atoms with Crippen molar-refractivity contribution in [2.45, 2.75) is 22.7 Å². The average molecular weight is 342 g/mol. The minimum atomic E-state index is -4.51. The normalized spacial score (nSPS) is 17.9. The molecule has 23 heavy (non-hydrogen) atoms. The highest BCUT2D eigenvalue weighted by molar-refractivity contribution is 7.99. The maximum atomic E-state index is 12.7. The van der Waals surface area contributed by atoms with Gasteiger partial charge in [0.2, 0.25) is 0 Å². The molecule has 0 fully saturated rings. The summed E-state index contributed by atoms with van der Waals surface area (Å²) in [5, 5.41) is -0.476. The van der Waals surface area contributed by atoms with Crippen LogP contribution in [0.2, 0.25) is 0 Å². The number of thioether (sulfide) groups is 1. The number of carbonyl (C=O) groups excluding carboxylic acids is 1. The zero-order chi connectivity index (χ0) is 16.8. The molecule has 1 aromatic heterocycles. The Morgan fingerprint density at radius 3 is 2.52 bits per heavy atom. The lowest BCUT2D eigenvalue weighted by molar-refractivity contribution is -0.137. The molecule has 0 saturated carbocycles. The lowest BCUT2D eigenvalue weighted by Gasteiger charge is -2.23. The first-order valence-electron chi connectivity index (χ1n) is 6.49. The van der Waals surface area contributed by atoms with Gasteiger partial charge in [-0.3, -0.25) is 14.4 Å². The quantitative estimate of drug-likeness (QED) is 0.780. The summed E-state index contributed by atoms with van der Waals surface area (Å²) >= 11 is 1.17. The smallest absolute Gasteiger partial charge is 0.323 e. The molecule has 1 aliphatic heterocycles. The minimum Gasteiger partial charge on any atom is -0.323 e. The number of fused-ring (bicyclic) bond motifs is 1. The van der Waals surface area contributed by atoms with Gasteiger partial charge in [-0.25, -0.2) is 0 Å². The Bertz CT molecular complexity index is 901. The van der Waals surface area contributed by atoms with E-state index in [4.69, 9.17) is 0 Å². The molecule has 0 bridgehead atoms. The van der Waals surface area contributed by atoms with Crippen LogP contribution in [0.3, 0.4) is 0 Å². The third kappa shape index (κ3) is 2.96. The van der Waals surface area contributed by atoms with Crippen LogP contribution in [0.5, 0.6) is 0 Å². The number of Topliss-reactive ketones (excluding diaryl/α,β-unsaturated/α-hetero) is 1. The van der Waals surface area contributed by atoms with Gasteiger partial charge in [-0.1, -0.05) is 0 Å². The van der Waals surface area contributed by atoms with Gasteiger partial charge in [0.25, 0.3) is 0 Å². The first kappa shape index (κ1) is 15.6. The van der Waals surface area contributed by atoms with Crippen molar-refractivity contribution < 1.29 is 18.0 Å². The molecule has 0 aliphatic carbocycles. The largest absolute Gasteiger partial charge is 0.416 e. The molecule has 5 nitrogen and oxygen atoms in total. The molecule has 0 spiro atoms. The highest BCUT2D eigenvalue weighted by Gasteiger charge is 2.34. The van der Waals surface area contributed by atoms with Gasteiger partial charge < -0.3 is 9.97 Å². The van der Waals surface area contributed by atoms with Crippen LogP contribution in [0.25, 0.3) is 0 Å². The Kier molecular flexibility index (Phi) is 3.67. The summed E-state index contributed by atoms with van der Waals surface area (Å²) in [6.45, 7) is 0. The predicted molar refractivity (Wildman–Crippen MR) is 76.7 cm³/mol. The second-order valence-electron chi connectivity index (χ2n) is 4.97. The molecule has 3 rings (SSSR count). The highest BCUT2D eigenvalue weighted by Crippen LogP contribution is 2.45. The number of H-pyrrole nitrogens is 2. The molecule has 1 aliphatic rings. The number of aromatic nitrogens is 2. The van der Waals surface area contributed by atoms with Crippen molar-refractivity contribution in [3.8, 4) is 0 Å². The molecule has 1 atom stereocenters. The Morgan fingerprint density at radius 1 is 1.13 bits per heavy atom. The van der Waals surface area contributed by atoms with E-state index in [0.717, 1.165) is 12.1 Å². The molecular formula is C14H9F3N2O3S. The SMILES string of the molecule is O=C1CC(c2c[nH]c(=O)c(=O)[nH]2)Sc2ccc(C(F)(F)F)cc21. The zero-order valence-corrected chi connectivity index (χ0v) is 12.2. The van der Waals surface area contributed by atoms with Crippen LogP contribution in [-0.4, -0.2) is 15.8 Å². The third-order valence-electron chi connectivity index (χ3n) is 3.42. The van der Waals surface area contributed by atoms with Gasteiger partial charge in [0.05, 0.1) is 10.8 Å². The van der Waals surface area contributed by atoms with Crippen molar-refractivity contribution >= 4 is 17.5 Å². The predicted octanol–water partition coefficient (Wildman–Crippen LogP) is 2.50. The third-order valence-corrected chi connectivity index (χ3v) is 4.73. The molecule has 0 amide bonds. The van der Waals surface area contributed by atoms with E-state index in [1.54, 1.807) is 0 Å². The number of halogens is 3. The number of alkyl halides is 3. The van der Waals surface area contributed by atoms with Gasteiger partial charge in [-0.2, -0.15) is 13.2 Å². The molecule has 120 valence electrons. The monoisotopic (exact) mass is 342 g/mol. The molecule has 9 heteroatoms. The summed E-state index contributed by atoms with van der Waals surface area (Å²) < 4.78 is 38.2. The van der Waals surface area contributed by atoms with E-state index < -0.39 is 33.9 Å². The molecule has 2 N–H and O–H groups in total. The minimum absolute atomic E-state index is 0.0212. The van der Waals surface area contributed by atoms with Crippen LogP contribution in [0.1, 0.15) is 33.3 Å². The lowest BCUT2D eigenvalue weighted by Crippen LogP contribution is -2.30. The first-order valence-corrected chi connectivity index (χ1v) is 7.36. The molecular weight excluding hydrogens is 333 g/mol. The van der Waals surface area contributed by atoms with Crippen molar-refractivity contribution in [3.05, 3.63) is 61.9 Å². The number of hydrogen-bond acceptors (Lipinski definition) is 4. The van der Waals surface area contributed by atoms with E-state index in [1.807, 2.05) is 0 Å². The van der Waals surface area contributed by atoms with E-state index in [0.29, 0.717) is 10.6 Å². The van der Waals surface area contributed by atoms with Crippen molar-refractivity contribution in [2.24, 2.45) is 0 Å². The van der Waals surface area contributed by atoms with Crippen molar-refractivity contribution in [2.75, 3.05) is 0 Å². The average Bonchev–Trinajstić information content (AvgIpc) is 2.48. The zero-order valence-electron chi connectivity index (χ0n) is 11.4. The van der Waals surface area contributed by atoms with Gasteiger partial charge in [0.15, 0.2) is 5.78 Å². The molecule has 2 heterocycles. The number of carbonyl (C=O) groups is 1. The van der Waals surface area contributed by atoms with Crippen LogP contribution < -0.4 is 11.1 Å². The number of hydrogen-bond donors (Lipinski definition) is 2. The summed E-state index contributed by atoms with van der Waals surface area (Å²) in [6, 6.07) is 3.00. The van der Waals surface area contributed by atoms with Gasteiger partial charge in [0.1, 0.15) is 0 Å². The maximum absolute atomic E-state index is 12.7. The van der Waals surface area contributed by atoms with Crippen LogP contribution >= 0.6 is 11.8 Å². The van der Waals surface area contributed by atoms with Gasteiger partial charge in [-0.15, -0.1) is 11.8 Å². The summed E-state index contributed by atoms with van der Waals surface area (Å²) in [5.41, 5.74) is -2.16. The Balaban J connectivity index is 1.98. The highest BCUT2D eigenvalue weighted by atomic mass is 32.2. The van der Waals surface area contributed by atoms with E-state index in [2.05, 4.69) is 9.97 Å². The number of rotatable bonds is 1. The summed E-state index contributed by atoms with van der Waals surface area (Å²) in [5.74, 6) is -0.443. The topological polar surface area (TPSA) is 82.8 Å². The van der Waals surface area contributed by atoms with Crippen molar-refractivity contribution in [3.63, 3.8) is 0 Å². The van der Waals surface area contributed by atoms with E-state index in [9.17, 15) is 27.6 Å². The molecule has 2 aromatic rings. The number of benzene rings is 1. The van der Waals surface area contributed by atoms with Crippen LogP contribution in [0.15, 0.2) is 38.9 Å². The van der Waals surface area contributed by atoms with E-state index >= 15 is 0 Å². The van der Waals surface area contributed by atoms with Gasteiger partial charge in [-0.05, 0) is 18.2 Å². The summed E-state index contributed by atoms with van der Waals surface area (Å²) in [6.07, 6.45) is -3.29. The molecule has 0 saturated heterocycles. The second-order valence-corrected chi connectivity index (χ2v) is 6.21. The Morgan fingerprint density at radius 2 is 1.87 bits per heavy atom. The number of aromatic amines is 2. The lowest BCUT2D eigenvalue weighted by atomic mass is 10.0. The maximum Gasteiger partial charge on any atom is 0.416 e. The van der Waals surface area contributed by atoms with E-state index in [1.165, 1.54) is 24.0 Å². The fraction of sp³-hybridized carbons (Fsp3) is 0.214. The van der Waals surface area contributed by atoms with Crippen molar-refractivity contribution in [1.82, 2.24) is 9.97 Å². The summed E-state index contributed by atoms with van der Waals surface area (Å²) in [7, 11) is 0. The Labute approximate surface area is 130 Å². The van der Waals surface area contributed by atoms with Crippen LogP contribution in [0, 0.1) is 0 Å². The summed E-state index contributed by atoms with van der Waals surface area (Å²) in [4.78, 5) is 39.6. The molecule has 1 unspecified atom stereocenters. The standard InChI is InChI=1S/C14H9F3N2O3S/c15-14(16,17)6-1-2-10-7(3-6)9(20)4-11(23-10)8-5-18-12(21)13(22)19-8/h1-3,5,11H,4H2,(H,18,21)(H,19,22). The molecule has 0 radical (unpaired) electrons. The van der Waals surface area contributed by atoms with Gasteiger partial charge >= 0.3 is 17.3 Å². The molecule has 1 aromatic carbocycles. The number of ketones is 1.